The van der Waals surface area contributed by atoms with Crippen LogP contribution in [0.15, 0.2) is 60.3 Å². The molecule has 0 fully saturated rings. The van der Waals surface area contributed by atoms with E-state index in [4.69, 9.17) is 4.74 Å². The minimum Gasteiger partial charge on any atom is -0.487 e. The van der Waals surface area contributed by atoms with Crippen molar-refractivity contribution in [2.45, 2.75) is 17.7 Å². The van der Waals surface area contributed by atoms with Gasteiger partial charge in [-0.05, 0) is 23.8 Å². The number of rotatable bonds is 6. The number of carbonyl (C=O) groups excluding carboxylic acids is 1. The predicted molar refractivity (Wildman–Crippen MR) is 101 cm³/mol. The molecule has 3 aromatic rings. The highest BCUT2D eigenvalue weighted by atomic mass is 32.2. The SMILES string of the molecule is O=C(CSc1ncccn1)NCC1Cc2cccc(-c3ncccn3)c2O1. The smallest absolute Gasteiger partial charge is 0.230 e. The van der Waals surface area contributed by atoms with Gasteiger partial charge in [-0.25, -0.2) is 19.9 Å². The number of para-hydroxylation sites is 1. The maximum atomic E-state index is 12.1. The molecule has 1 N–H and O–H groups in total. The maximum absolute atomic E-state index is 12.1. The van der Waals surface area contributed by atoms with Gasteiger partial charge in [0.05, 0.1) is 17.9 Å². The first-order chi connectivity index (χ1) is 13.3. The third-order valence-electron chi connectivity index (χ3n) is 4.04. The predicted octanol–water partition coefficient (Wildman–Crippen LogP) is 2.15. The number of hydrogen-bond donors (Lipinski definition) is 1. The van der Waals surface area contributed by atoms with Gasteiger partial charge in [-0.2, -0.15) is 0 Å². The number of hydrogen-bond acceptors (Lipinski definition) is 7. The zero-order chi connectivity index (χ0) is 18.5. The lowest BCUT2D eigenvalue weighted by Crippen LogP contribution is -2.35. The number of carbonyl (C=O) groups is 1. The number of fused-ring (bicyclic) bond motifs is 1. The van der Waals surface area contributed by atoms with Crippen LogP contribution in [0, 0.1) is 0 Å². The number of nitrogens with zero attached hydrogens (tertiary/aromatic N) is 4. The second kappa shape index (κ2) is 8.13. The zero-order valence-corrected chi connectivity index (χ0v) is 15.2. The molecule has 8 heteroatoms. The van der Waals surface area contributed by atoms with E-state index in [2.05, 4.69) is 25.3 Å². The van der Waals surface area contributed by atoms with Crippen molar-refractivity contribution < 1.29 is 9.53 Å². The fourth-order valence-corrected chi connectivity index (χ4v) is 3.47. The van der Waals surface area contributed by atoms with Crippen molar-refractivity contribution in [3.63, 3.8) is 0 Å². The van der Waals surface area contributed by atoms with Crippen LogP contribution in [0.25, 0.3) is 11.4 Å². The van der Waals surface area contributed by atoms with Gasteiger partial charge >= 0.3 is 0 Å². The molecule has 1 aromatic carbocycles. The normalized spacial score (nSPS) is 15.0. The van der Waals surface area contributed by atoms with E-state index >= 15 is 0 Å². The molecule has 0 radical (unpaired) electrons. The minimum atomic E-state index is -0.105. The summed E-state index contributed by atoms with van der Waals surface area (Å²) in [6, 6.07) is 9.49. The molecule has 27 heavy (non-hydrogen) atoms. The number of aromatic nitrogens is 4. The molecule has 0 saturated carbocycles. The molecule has 0 aliphatic carbocycles. The summed E-state index contributed by atoms with van der Waals surface area (Å²) in [6.45, 7) is 0.443. The van der Waals surface area contributed by atoms with Crippen LogP contribution in [0.5, 0.6) is 5.75 Å². The Morgan fingerprint density at radius 2 is 1.81 bits per heavy atom. The largest absolute Gasteiger partial charge is 0.487 e. The van der Waals surface area contributed by atoms with Gasteiger partial charge in [-0.15, -0.1) is 0 Å². The lowest BCUT2D eigenvalue weighted by atomic mass is 10.1. The van der Waals surface area contributed by atoms with Gasteiger partial charge in [0.2, 0.25) is 5.91 Å². The molecule has 2 aromatic heterocycles. The van der Waals surface area contributed by atoms with E-state index in [0.29, 0.717) is 17.5 Å². The van der Waals surface area contributed by atoms with Crippen molar-refractivity contribution in [2.24, 2.45) is 0 Å². The summed E-state index contributed by atoms with van der Waals surface area (Å²) in [5.41, 5.74) is 1.98. The number of amides is 1. The summed E-state index contributed by atoms with van der Waals surface area (Å²) >= 11 is 1.31. The zero-order valence-electron chi connectivity index (χ0n) is 14.4. The van der Waals surface area contributed by atoms with Gasteiger partial charge in [0.25, 0.3) is 0 Å². The van der Waals surface area contributed by atoms with Crippen molar-refractivity contribution in [1.29, 1.82) is 0 Å². The van der Waals surface area contributed by atoms with Crippen molar-refractivity contribution >= 4 is 17.7 Å². The van der Waals surface area contributed by atoms with E-state index < -0.39 is 0 Å². The molecular weight excluding hydrogens is 362 g/mol. The van der Waals surface area contributed by atoms with E-state index in [9.17, 15) is 4.79 Å². The average molecular weight is 379 g/mol. The minimum absolute atomic E-state index is 0.0707. The van der Waals surface area contributed by atoms with Gasteiger partial charge in [-0.1, -0.05) is 23.9 Å². The monoisotopic (exact) mass is 379 g/mol. The van der Waals surface area contributed by atoms with E-state index in [0.717, 1.165) is 23.3 Å². The van der Waals surface area contributed by atoms with Gasteiger partial charge in [0, 0.05) is 31.2 Å². The molecule has 136 valence electrons. The Labute approximate surface area is 160 Å². The van der Waals surface area contributed by atoms with Gasteiger partial charge < -0.3 is 10.1 Å². The van der Waals surface area contributed by atoms with Crippen LogP contribution < -0.4 is 10.1 Å². The molecule has 1 atom stereocenters. The number of ether oxygens (including phenoxy) is 1. The summed E-state index contributed by atoms with van der Waals surface area (Å²) in [4.78, 5) is 28.9. The molecular formula is C19H17N5O2S. The van der Waals surface area contributed by atoms with Crippen molar-refractivity contribution in [3.05, 3.63) is 60.7 Å². The van der Waals surface area contributed by atoms with Crippen LogP contribution in [-0.4, -0.2) is 44.2 Å². The first-order valence-corrected chi connectivity index (χ1v) is 9.50. The standard InChI is InChI=1S/C19H17N5O2S/c25-16(12-27-19-22-8-3-9-23-19)24-11-14-10-13-4-1-5-15(17(13)26-14)18-20-6-2-7-21-18/h1-9,14H,10-12H2,(H,24,25). The summed E-state index contributed by atoms with van der Waals surface area (Å²) in [5.74, 6) is 1.64. The third-order valence-corrected chi connectivity index (χ3v) is 4.91. The number of benzene rings is 1. The van der Waals surface area contributed by atoms with E-state index in [1.54, 1.807) is 36.9 Å². The quantitative estimate of drug-likeness (QED) is 0.518. The highest BCUT2D eigenvalue weighted by Gasteiger charge is 2.26. The van der Waals surface area contributed by atoms with Crippen LogP contribution in [-0.2, 0) is 11.2 Å². The second-order valence-corrected chi connectivity index (χ2v) is 6.88. The van der Waals surface area contributed by atoms with Crippen LogP contribution in [0.4, 0.5) is 0 Å². The molecule has 4 rings (SSSR count). The van der Waals surface area contributed by atoms with Crippen LogP contribution >= 0.6 is 11.8 Å². The number of thioether (sulfide) groups is 1. The molecule has 1 aliphatic heterocycles. The van der Waals surface area contributed by atoms with E-state index in [-0.39, 0.29) is 17.8 Å². The fraction of sp³-hybridized carbons (Fsp3) is 0.211. The highest BCUT2D eigenvalue weighted by molar-refractivity contribution is 7.99. The van der Waals surface area contributed by atoms with Crippen molar-refractivity contribution in [3.8, 4) is 17.1 Å². The summed E-state index contributed by atoms with van der Waals surface area (Å²) < 4.78 is 6.08. The van der Waals surface area contributed by atoms with Crippen LogP contribution in [0.3, 0.4) is 0 Å². The molecule has 1 aliphatic rings. The number of nitrogens with one attached hydrogen (secondary N) is 1. The second-order valence-electron chi connectivity index (χ2n) is 5.93. The summed E-state index contributed by atoms with van der Waals surface area (Å²) in [5, 5.41) is 3.51. The topological polar surface area (TPSA) is 89.9 Å². The van der Waals surface area contributed by atoms with Crippen LogP contribution in [0.1, 0.15) is 5.56 Å². The molecule has 0 bridgehead atoms. The molecule has 1 amide bonds. The van der Waals surface area contributed by atoms with E-state index in [1.165, 1.54) is 11.8 Å². The summed E-state index contributed by atoms with van der Waals surface area (Å²) in [7, 11) is 0. The Kier molecular flexibility index (Phi) is 5.24. The maximum Gasteiger partial charge on any atom is 0.230 e. The first-order valence-electron chi connectivity index (χ1n) is 8.52. The van der Waals surface area contributed by atoms with Gasteiger partial charge in [0.1, 0.15) is 11.9 Å². The highest BCUT2D eigenvalue weighted by Crippen LogP contribution is 2.37. The Morgan fingerprint density at radius 3 is 2.59 bits per heavy atom. The Bertz CT molecular complexity index is 924. The lowest BCUT2D eigenvalue weighted by molar-refractivity contribution is -0.118. The van der Waals surface area contributed by atoms with Crippen molar-refractivity contribution in [1.82, 2.24) is 25.3 Å². The molecule has 0 spiro atoms. The van der Waals surface area contributed by atoms with Gasteiger partial charge in [-0.3, -0.25) is 4.79 Å². The fourth-order valence-electron chi connectivity index (χ4n) is 2.84. The lowest BCUT2D eigenvalue weighted by Gasteiger charge is -2.13. The van der Waals surface area contributed by atoms with E-state index in [1.807, 2.05) is 18.2 Å². The molecule has 1 unspecified atom stereocenters. The molecule has 0 saturated heterocycles. The average Bonchev–Trinajstić information content (AvgIpc) is 3.15. The Morgan fingerprint density at radius 1 is 1.07 bits per heavy atom. The third kappa shape index (κ3) is 4.22. The Balaban J connectivity index is 1.33. The first kappa shape index (κ1) is 17.4. The molecule has 7 nitrogen and oxygen atoms in total. The van der Waals surface area contributed by atoms with Crippen LogP contribution in [0.2, 0.25) is 0 Å². The Hall–Kier alpha value is -3.00. The summed E-state index contributed by atoms with van der Waals surface area (Å²) in [6.07, 6.45) is 7.37. The molecule has 3 heterocycles. The van der Waals surface area contributed by atoms with Crippen molar-refractivity contribution in [2.75, 3.05) is 12.3 Å². The van der Waals surface area contributed by atoms with Gasteiger partial charge in [0.15, 0.2) is 11.0 Å².